The lowest BCUT2D eigenvalue weighted by molar-refractivity contribution is 0.0734. The Morgan fingerprint density at radius 3 is 2.06 bits per heavy atom. The summed E-state index contributed by atoms with van der Waals surface area (Å²) in [5.74, 6) is 1.48. The molecule has 0 saturated heterocycles. The number of carbonyl (C=O) groups excluding carboxylic acids is 2. The van der Waals surface area contributed by atoms with Crippen molar-refractivity contribution in [2.24, 2.45) is 0 Å². The standard InChI is InChI=1S/C25H22O6/c1-28-21-6-4-5-19(16-21)25(27)31-20-10-7-17(8-11-20)23(26)13-9-18-15-22(29-2)12-14-24(18)30-3/h4-16H,1-3H3. The van der Waals surface area contributed by atoms with Gasteiger partial charge in [-0.2, -0.15) is 0 Å². The maximum absolute atomic E-state index is 12.5. The van der Waals surface area contributed by atoms with Crippen LogP contribution < -0.4 is 18.9 Å². The molecule has 0 fully saturated rings. The fourth-order valence-corrected chi connectivity index (χ4v) is 2.83. The van der Waals surface area contributed by atoms with Crippen molar-refractivity contribution in [3.63, 3.8) is 0 Å². The molecular formula is C25H22O6. The van der Waals surface area contributed by atoms with Gasteiger partial charge < -0.3 is 18.9 Å². The number of rotatable bonds is 8. The van der Waals surface area contributed by atoms with Crippen molar-refractivity contribution >= 4 is 17.8 Å². The van der Waals surface area contributed by atoms with Crippen LogP contribution in [0.1, 0.15) is 26.3 Å². The zero-order valence-corrected chi connectivity index (χ0v) is 17.5. The van der Waals surface area contributed by atoms with Gasteiger partial charge in [0.15, 0.2) is 5.78 Å². The van der Waals surface area contributed by atoms with Gasteiger partial charge in [-0.25, -0.2) is 4.79 Å². The predicted molar refractivity (Wildman–Crippen MR) is 117 cm³/mol. The van der Waals surface area contributed by atoms with Gasteiger partial charge >= 0.3 is 5.97 Å². The van der Waals surface area contributed by atoms with Gasteiger partial charge in [-0.3, -0.25) is 4.79 Å². The summed E-state index contributed by atoms with van der Waals surface area (Å²) in [5, 5.41) is 0. The highest BCUT2D eigenvalue weighted by Gasteiger charge is 2.11. The van der Waals surface area contributed by atoms with Crippen LogP contribution in [0.3, 0.4) is 0 Å². The summed E-state index contributed by atoms with van der Waals surface area (Å²) in [6.45, 7) is 0. The highest BCUT2D eigenvalue weighted by Crippen LogP contribution is 2.25. The molecule has 6 nitrogen and oxygen atoms in total. The van der Waals surface area contributed by atoms with E-state index in [2.05, 4.69) is 0 Å². The third-order valence-electron chi connectivity index (χ3n) is 4.51. The first kappa shape index (κ1) is 21.6. The SMILES string of the molecule is COc1cccc(C(=O)Oc2ccc(C(=O)C=Cc3cc(OC)ccc3OC)cc2)c1. The maximum Gasteiger partial charge on any atom is 0.343 e. The van der Waals surface area contributed by atoms with Crippen molar-refractivity contribution in [2.45, 2.75) is 0 Å². The minimum atomic E-state index is -0.511. The number of carbonyl (C=O) groups is 2. The van der Waals surface area contributed by atoms with E-state index in [0.717, 1.165) is 5.56 Å². The molecule has 31 heavy (non-hydrogen) atoms. The average molecular weight is 418 g/mol. The molecule has 0 radical (unpaired) electrons. The zero-order valence-electron chi connectivity index (χ0n) is 17.5. The number of hydrogen-bond acceptors (Lipinski definition) is 6. The first-order valence-corrected chi connectivity index (χ1v) is 9.45. The lowest BCUT2D eigenvalue weighted by Crippen LogP contribution is -2.08. The van der Waals surface area contributed by atoms with E-state index >= 15 is 0 Å². The monoisotopic (exact) mass is 418 g/mol. The van der Waals surface area contributed by atoms with E-state index in [1.165, 1.54) is 13.2 Å². The van der Waals surface area contributed by atoms with Crippen LogP contribution in [0.5, 0.6) is 23.0 Å². The molecule has 0 N–H and O–H groups in total. The molecule has 0 aliphatic carbocycles. The molecule has 0 aromatic heterocycles. The van der Waals surface area contributed by atoms with Gasteiger partial charge in [-0.1, -0.05) is 6.07 Å². The normalized spacial score (nSPS) is 10.5. The molecule has 0 aliphatic heterocycles. The smallest absolute Gasteiger partial charge is 0.343 e. The minimum Gasteiger partial charge on any atom is -0.497 e. The number of methoxy groups -OCH3 is 3. The molecular weight excluding hydrogens is 396 g/mol. The second kappa shape index (κ2) is 10.1. The Morgan fingerprint density at radius 2 is 1.39 bits per heavy atom. The second-order valence-corrected chi connectivity index (χ2v) is 6.45. The lowest BCUT2D eigenvalue weighted by atomic mass is 10.1. The molecule has 0 heterocycles. The summed E-state index contributed by atoms with van der Waals surface area (Å²) >= 11 is 0. The predicted octanol–water partition coefficient (Wildman–Crippen LogP) is 4.83. The molecule has 0 amide bonds. The largest absolute Gasteiger partial charge is 0.497 e. The van der Waals surface area contributed by atoms with E-state index < -0.39 is 5.97 Å². The van der Waals surface area contributed by atoms with E-state index in [-0.39, 0.29) is 5.78 Å². The molecule has 0 unspecified atom stereocenters. The molecule has 6 heteroatoms. The van der Waals surface area contributed by atoms with Crippen LogP contribution in [0, 0.1) is 0 Å². The van der Waals surface area contributed by atoms with Gasteiger partial charge in [0.2, 0.25) is 0 Å². The number of allylic oxidation sites excluding steroid dienone is 1. The molecule has 0 aliphatic rings. The van der Waals surface area contributed by atoms with Gasteiger partial charge in [-0.05, 0) is 72.8 Å². The molecule has 3 rings (SSSR count). The van der Waals surface area contributed by atoms with Crippen molar-refractivity contribution < 1.29 is 28.5 Å². The average Bonchev–Trinajstić information content (AvgIpc) is 2.82. The number of ketones is 1. The second-order valence-electron chi connectivity index (χ2n) is 6.45. The van der Waals surface area contributed by atoms with E-state index in [4.69, 9.17) is 18.9 Å². The minimum absolute atomic E-state index is 0.199. The van der Waals surface area contributed by atoms with Crippen LogP contribution in [0.4, 0.5) is 0 Å². The molecule has 158 valence electrons. The van der Waals surface area contributed by atoms with Crippen LogP contribution in [0.2, 0.25) is 0 Å². The quantitative estimate of drug-likeness (QED) is 0.226. The van der Waals surface area contributed by atoms with Crippen LogP contribution in [-0.4, -0.2) is 33.1 Å². The van der Waals surface area contributed by atoms with E-state index in [9.17, 15) is 9.59 Å². The van der Waals surface area contributed by atoms with Crippen molar-refractivity contribution in [1.82, 2.24) is 0 Å². The Labute approximate surface area is 180 Å². The lowest BCUT2D eigenvalue weighted by Gasteiger charge is -2.07. The topological polar surface area (TPSA) is 71.1 Å². The molecule has 3 aromatic rings. The summed E-state index contributed by atoms with van der Waals surface area (Å²) in [6, 6.07) is 18.4. The number of esters is 1. The van der Waals surface area contributed by atoms with E-state index in [0.29, 0.717) is 34.1 Å². The Kier molecular flexibility index (Phi) is 7.06. The Balaban J connectivity index is 1.69. The molecule has 0 bridgehead atoms. The third-order valence-corrected chi connectivity index (χ3v) is 4.51. The van der Waals surface area contributed by atoms with Crippen LogP contribution in [-0.2, 0) is 0 Å². The van der Waals surface area contributed by atoms with E-state index in [1.807, 2.05) is 0 Å². The van der Waals surface area contributed by atoms with E-state index in [1.54, 1.807) is 87.0 Å². The Hall–Kier alpha value is -4.06. The highest BCUT2D eigenvalue weighted by atomic mass is 16.5. The number of ether oxygens (including phenoxy) is 4. The first-order chi connectivity index (χ1) is 15.0. The zero-order chi connectivity index (χ0) is 22.2. The molecule has 0 atom stereocenters. The van der Waals surface area contributed by atoms with Gasteiger partial charge in [-0.15, -0.1) is 0 Å². The van der Waals surface area contributed by atoms with Gasteiger partial charge in [0.25, 0.3) is 0 Å². The van der Waals surface area contributed by atoms with Crippen molar-refractivity contribution in [3.05, 3.63) is 89.5 Å². The van der Waals surface area contributed by atoms with Crippen LogP contribution in [0.15, 0.2) is 72.8 Å². The van der Waals surface area contributed by atoms with Crippen LogP contribution >= 0.6 is 0 Å². The summed E-state index contributed by atoms with van der Waals surface area (Å²) in [7, 11) is 4.66. The number of benzene rings is 3. The fourth-order valence-electron chi connectivity index (χ4n) is 2.83. The fraction of sp³-hybridized carbons (Fsp3) is 0.120. The first-order valence-electron chi connectivity index (χ1n) is 9.45. The maximum atomic E-state index is 12.5. The summed E-state index contributed by atoms with van der Waals surface area (Å²) in [5.41, 5.74) is 1.55. The summed E-state index contributed by atoms with van der Waals surface area (Å²) in [4.78, 5) is 24.8. The molecule has 0 saturated carbocycles. The van der Waals surface area contributed by atoms with Gasteiger partial charge in [0.05, 0.1) is 26.9 Å². The van der Waals surface area contributed by atoms with Crippen molar-refractivity contribution in [3.8, 4) is 23.0 Å². The Morgan fingerprint density at radius 1 is 0.710 bits per heavy atom. The highest BCUT2D eigenvalue weighted by molar-refractivity contribution is 6.07. The van der Waals surface area contributed by atoms with Crippen molar-refractivity contribution in [2.75, 3.05) is 21.3 Å². The number of hydrogen-bond donors (Lipinski definition) is 0. The van der Waals surface area contributed by atoms with Gasteiger partial charge in [0.1, 0.15) is 23.0 Å². The Bertz CT molecular complexity index is 1100. The van der Waals surface area contributed by atoms with Crippen molar-refractivity contribution in [1.29, 1.82) is 0 Å². The summed E-state index contributed by atoms with van der Waals surface area (Å²) in [6.07, 6.45) is 3.12. The molecule has 3 aromatic carbocycles. The third kappa shape index (κ3) is 5.51. The van der Waals surface area contributed by atoms with Gasteiger partial charge in [0, 0.05) is 11.1 Å². The summed E-state index contributed by atoms with van der Waals surface area (Å²) < 4.78 is 21.0. The van der Waals surface area contributed by atoms with Crippen LogP contribution in [0.25, 0.3) is 6.08 Å². The molecule has 0 spiro atoms.